The molecule has 0 bridgehead atoms. The van der Waals surface area contributed by atoms with Crippen molar-refractivity contribution < 1.29 is 4.39 Å². The highest BCUT2D eigenvalue weighted by Gasteiger charge is 2.15. The van der Waals surface area contributed by atoms with Gasteiger partial charge >= 0.3 is 0 Å². The molecular formula is C17H22FN3. The molecule has 21 heavy (non-hydrogen) atoms. The van der Waals surface area contributed by atoms with E-state index in [9.17, 15) is 4.39 Å². The summed E-state index contributed by atoms with van der Waals surface area (Å²) in [7, 11) is 0. The van der Waals surface area contributed by atoms with Crippen molar-refractivity contribution in [2.75, 3.05) is 11.9 Å². The molecule has 1 aromatic carbocycles. The van der Waals surface area contributed by atoms with Gasteiger partial charge in [-0.05, 0) is 31.9 Å². The summed E-state index contributed by atoms with van der Waals surface area (Å²) in [5.74, 6) is 0.586. The van der Waals surface area contributed by atoms with Gasteiger partial charge in [0.1, 0.15) is 18.0 Å². The average Bonchev–Trinajstić information content (AvgIpc) is 2.49. The van der Waals surface area contributed by atoms with Crippen LogP contribution in [-0.2, 0) is 6.42 Å². The van der Waals surface area contributed by atoms with Gasteiger partial charge in [0.2, 0.25) is 0 Å². The van der Waals surface area contributed by atoms with E-state index in [1.165, 1.54) is 12.4 Å². The Bertz CT molecular complexity index is 611. The molecule has 2 rings (SSSR count). The maximum absolute atomic E-state index is 14.2. The van der Waals surface area contributed by atoms with Gasteiger partial charge in [-0.1, -0.05) is 31.9 Å². The van der Waals surface area contributed by atoms with E-state index in [4.69, 9.17) is 0 Å². The van der Waals surface area contributed by atoms with E-state index in [0.29, 0.717) is 11.3 Å². The molecule has 0 aliphatic carbocycles. The molecule has 1 N–H and O–H groups in total. The zero-order valence-electron chi connectivity index (χ0n) is 12.9. The van der Waals surface area contributed by atoms with Crippen LogP contribution in [0.2, 0.25) is 0 Å². The van der Waals surface area contributed by atoms with Crippen molar-refractivity contribution in [3.05, 3.63) is 41.5 Å². The monoisotopic (exact) mass is 287 g/mol. The second-order valence-electron chi connectivity index (χ2n) is 5.21. The predicted octanol–water partition coefficient (Wildman–Crippen LogP) is 4.37. The van der Waals surface area contributed by atoms with Crippen LogP contribution in [0.4, 0.5) is 10.2 Å². The normalized spacial score (nSPS) is 10.7. The number of rotatable bonds is 6. The van der Waals surface area contributed by atoms with Crippen molar-refractivity contribution in [2.45, 2.75) is 40.0 Å². The third-order valence-electron chi connectivity index (χ3n) is 3.36. The number of nitrogens with zero attached hydrogens (tertiary/aromatic N) is 2. The van der Waals surface area contributed by atoms with E-state index in [-0.39, 0.29) is 5.82 Å². The van der Waals surface area contributed by atoms with Crippen LogP contribution in [0.15, 0.2) is 24.5 Å². The maximum atomic E-state index is 14.2. The number of hydrogen-bond donors (Lipinski definition) is 1. The van der Waals surface area contributed by atoms with Crippen molar-refractivity contribution in [1.82, 2.24) is 9.97 Å². The number of halogens is 1. The number of aromatic nitrogens is 2. The Labute approximate surface area is 125 Å². The zero-order chi connectivity index (χ0) is 15.2. The van der Waals surface area contributed by atoms with Crippen LogP contribution in [-0.4, -0.2) is 16.5 Å². The van der Waals surface area contributed by atoms with Gasteiger partial charge in [-0.3, -0.25) is 0 Å². The Morgan fingerprint density at radius 2 is 1.95 bits per heavy atom. The highest BCUT2D eigenvalue weighted by Crippen LogP contribution is 2.29. The molecule has 0 aliphatic heterocycles. The Morgan fingerprint density at radius 1 is 1.14 bits per heavy atom. The molecule has 0 amide bonds. The fraction of sp³-hybridized carbons (Fsp3) is 0.412. The van der Waals surface area contributed by atoms with E-state index in [2.05, 4.69) is 29.1 Å². The molecule has 3 nitrogen and oxygen atoms in total. The Hall–Kier alpha value is -1.97. The molecule has 112 valence electrons. The zero-order valence-corrected chi connectivity index (χ0v) is 12.9. The van der Waals surface area contributed by atoms with E-state index in [0.717, 1.165) is 42.8 Å². The lowest BCUT2D eigenvalue weighted by Gasteiger charge is -2.14. The van der Waals surface area contributed by atoms with Crippen molar-refractivity contribution >= 4 is 5.82 Å². The molecule has 4 heteroatoms. The van der Waals surface area contributed by atoms with Crippen LogP contribution in [0.5, 0.6) is 0 Å². The Kier molecular flexibility index (Phi) is 5.26. The van der Waals surface area contributed by atoms with Crippen molar-refractivity contribution in [2.24, 2.45) is 0 Å². The van der Waals surface area contributed by atoms with Crippen LogP contribution >= 0.6 is 0 Å². The van der Waals surface area contributed by atoms with Gasteiger partial charge in [-0.2, -0.15) is 0 Å². The second kappa shape index (κ2) is 7.16. The fourth-order valence-electron chi connectivity index (χ4n) is 2.35. The first kappa shape index (κ1) is 15.4. The number of anilines is 1. The van der Waals surface area contributed by atoms with E-state index in [1.807, 2.05) is 13.0 Å². The average molecular weight is 287 g/mol. The summed E-state index contributed by atoms with van der Waals surface area (Å²) >= 11 is 0. The first-order valence-corrected chi connectivity index (χ1v) is 7.51. The highest BCUT2D eigenvalue weighted by molar-refractivity contribution is 5.69. The molecule has 0 atom stereocenters. The predicted molar refractivity (Wildman–Crippen MR) is 84.9 cm³/mol. The van der Waals surface area contributed by atoms with Crippen molar-refractivity contribution in [3.63, 3.8) is 0 Å². The minimum Gasteiger partial charge on any atom is -0.370 e. The summed E-state index contributed by atoms with van der Waals surface area (Å²) in [6.07, 6.45) is 4.32. The molecule has 0 aliphatic rings. The summed E-state index contributed by atoms with van der Waals surface area (Å²) in [6, 6.07) is 5.12. The van der Waals surface area contributed by atoms with Gasteiger partial charge in [-0.25, -0.2) is 14.4 Å². The molecule has 0 saturated carbocycles. The molecule has 1 aromatic heterocycles. The molecule has 1 heterocycles. The third-order valence-corrected chi connectivity index (χ3v) is 3.36. The number of aryl methyl sites for hydroxylation is 1. The van der Waals surface area contributed by atoms with Gasteiger partial charge in [0.15, 0.2) is 0 Å². The summed E-state index contributed by atoms with van der Waals surface area (Å²) < 4.78 is 14.2. The van der Waals surface area contributed by atoms with Crippen LogP contribution < -0.4 is 5.32 Å². The van der Waals surface area contributed by atoms with E-state index >= 15 is 0 Å². The highest BCUT2D eigenvalue weighted by atomic mass is 19.1. The van der Waals surface area contributed by atoms with Gasteiger partial charge in [0, 0.05) is 17.7 Å². The van der Waals surface area contributed by atoms with Crippen LogP contribution in [0.1, 0.15) is 37.8 Å². The minimum atomic E-state index is -0.238. The van der Waals surface area contributed by atoms with Crippen LogP contribution in [0, 0.1) is 12.7 Å². The topological polar surface area (TPSA) is 37.8 Å². The number of benzene rings is 1. The molecule has 0 radical (unpaired) electrons. The fourth-order valence-corrected chi connectivity index (χ4v) is 2.35. The van der Waals surface area contributed by atoms with Crippen molar-refractivity contribution in [3.8, 4) is 11.3 Å². The standard InChI is InChI=1S/C17H22FN3/c1-4-6-13-16(14-10-12(3)7-8-15(14)18)20-11-21-17(13)19-9-5-2/h7-8,10-11H,4-6,9H2,1-3H3,(H,19,20,21). The number of nitrogens with one attached hydrogen (secondary N) is 1. The molecule has 0 spiro atoms. The molecular weight excluding hydrogens is 265 g/mol. The van der Waals surface area contributed by atoms with Gasteiger partial charge in [0.05, 0.1) is 5.69 Å². The van der Waals surface area contributed by atoms with E-state index in [1.54, 1.807) is 6.07 Å². The lowest BCUT2D eigenvalue weighted by atomic mass is 10.0. The molecule has 0 saturated heterocycles. The molecule has 0 unspecified atom stereocenters. The SMILES string of the molecule is CCCNc1ncnc(-c2cc(C)ccc2F)c1CCC. The van der Waals surface area contributed by atoms with Crippen LogP contribution in [0.3, 0.4) is 0 Å². The van der Waals surface area contributed by atoms with Crippen molar-refractivity contribution in [1.29, 1.82) is 0 Å². The summed E-state index contributed by atoms with van der Waals surface area (Å²) in [5.41, 5.74) is 3.28. The third kappa shape index (κ3) is 3.57. The quantitative estimate of drug-likeness (QED) is 0.857. The van der Waals surface area contributed by atoms with Crippen LogP contribution in [0.25, 0.3) is 11.3 Å². The maximum Gasteiger partial charge on any atom is 0.133 e. The van der Waals surface area contributed by atoms with Gasteiger partial charge in [-0.15, -0.1) is 0 Å². The lowest BCUT2D eigenvalue weighted by molar-refractivity contribution is 0.630. The lowest BCUT2D eigenvalue weighted by Crippen LogP contribution is -2.08. The number of hydrogen-bond acceptors (Lipinski definition) is 3. The summed E-state index contributed by atoms with van der Waals surface area (Å²) in [4.78, 5) is 8.68. The first-order chi connectivity index (χ1) is 10.2. The van der Waals surface area contributed by atoms with E-state index < -0.39 is 0 Å². The Morgan fingerprint density at radius 3 is 2.67 bits per heavy atom. The summed E-state index contributed by atoms with van der Waals surface area (Å²) in [6.45, 7) is 7.02. The van der Waals surface area contributed by atoms with Gasteiger partial charge < -0.3 is 5.32 Å². The summed E-state index contributed by atoms with van der Waals surface area (Å²) in [5, 5.41) is 3.32. The Balaban J connectivity index is 2.53. The largest absolute Gasteiger partial charge is 0.370 e. The first-order valence-electron chi connectivity index (χ1n) is 7.51. The second-order valence-corrected chi connectivity index (χ2v) is 5.21. The minimum absolute atomic E-state index is 0.238. The molecule has 2 aromatic rings. The van der Waals surface area contributed by atoms with Gasteiger partial charge in [0.25, 0.3) is 0 Å². The smallest absolute Gasteiger partial charge is 0.133 e. The molecule has 0 fully saturated rings.